The number of hydrogen-bond acceptors (Lipinski definition) is 31. The maximum absolute atomic E-state index is 13.2. The summed E-state index contributed by atoms with van der Waals surface area (Å²) in [6.45, 7) is 7.28. The molecular weight excluding hydrogens is 2050 g/mol. The van der Waals surface area contributed by atoms with E-state index in [0.29, 0.717) is 54.2 Å². The molecule has 4 amide bonds. The van der Waals surface area contributed by atoms with Crippen LogP contribution in [0.25, 0.3) is 74.0 Å². The van der Waals surface area contributed by atoms with Crippen LogP contribution in [0.1, 0.15) is 106 Å². The Balaban J connectivity index is 0.000000181. The summed E-state index contributed by atoms with van der Waals surface area (Å²) in [5, 5.41) is 22.5. The number of amides is 4. The molecule has 0 radical (unpaired) electrons. The number of urea groups is 2. The van der Waals surface area contributed by atoms with Crippen molar-refractivity contribution in [1.29, 1.82) is 0 Å². The summed E-state index contributed by atoms with van der Waals surface area (Å²) in [5.74, 6) is -2.21. The number of nitrogens with one attached hydrogen (secondary N) is 4. The number of oxime groups is 2. The zero-order valence-corrected chi connectivity index (χ0v) is 79.4. The number of halogens is 21. The molecule has 1 unspecified atom stereocenters. The topological polar surface area (TPSA) is 349 Å². The van der Waals surface area contributed by atoms with Gasteiger partial charge in [0.1, 0.15) is 72.5 Å². The van der Waals surface area contributed by atoms with Gasteiger partial charge in [0.2, 0.25) is 10.1 Å². The molecule has 1 aliphatic carbocycles. The number of ether oxygens (including phenoxy) is 2. The lowest BCUT2D eigenvalue weighted by Crippen LogP contribution is -2.29. The lowest BCUT2D eigenvalue weighted by molar-refractivity contribution is -0.142. The summed E-state index contributed by atoms with van der Waals surface area (Å²) in [7, 11) is 8.30. The van der Waals surface area contributed by atoms with E-state index in [1.807, 2.05) is 17.6 Å². The third-order valence-electron chi connectivity index (χ3n) is 17.1. The number of nitrogens with zero attached hydrogens (tertiary/aromatic N) is 18. The van der Waals surface area contributed by atoms with Crippen LogP contribution in [-0.2, 0) is 40.6 Å². The number of hydrogen-bond donors (Lipinski definition) is 4. The van der Waals surface area contributed by atoms with E-state index in [4.69, 9.17) is 32.7 Å². The van der Waals surface area contributed by atoms with Gasteiger partial charge in [-0.2, -0.15) is 76.1 Å². The van der Waals surface area contributed by atoms with Gasteiger partial charge in [0.25, 0.3) is 0 Å². The fourth-order valence-corrected chi connectivity index (χ4v) is 18.2. The van der Waals surface area contributed by atoms with Crippen molar-refractivity contribution < 1.29 is 112 Å². The van der Waals surface area contributed by atoms with Crippen molar-refractivity contribution in [3.05, 3.63) is 234 Å². The van der Waals surface area contributed by atoms with Crippen LogP contribution in [0.15, 0.2) is 168 Å². The zero-order chi connectivity index (χ0) is 101. The van der Waals surface area contributed by atoms with Crippen molar-refractivity contribution >= 4 is 137 Å². The molecule has 1 saturated carbocycles. The molecule has 1 atom stereocenters. The molecule has 0 aromatic carbocycles. The van der Waals surface area contributed by atoms with Crippen molar-refractivity contribution in [1.82, 2.24) is 91.3 Å². The summed E-state index contributed by atoms with van der Waals surface area (Å²) >= 11 is 18.4. The number of aromatic nitrogens is 14. The highest BCUT2D eigenvalue weighted by molar-refractivity contribution is 7.19. The quantitative estimate of drug-likeness (QED) is 0.0332. The van der Waals surface area contributed by atoms with Crippen LogP contribution in [0.2, 0.25) is 10.3 Å². The highest BCUT2D eigenvalue weighted by atomic mass is 35.5. The number of rotatable bonds is 19. The highest BCUT2D eigenvalue weighted by Gasteiger charge is 2.45. The van der Waals surface area contributed by atoms with Crippen LogP contribution in [0, 0.1) is 29.2 Å². The smallest absolute Gasteiger partial charge is 0.434 e. The average molecular weight is 2110 g/mol. The van der Waals surface area contributed by atoms with Crippen LogP contribution >= 0.6 is 103 Å². The second kappa shape index (κ2) is 48.9. The molecule has 14 heterocycles. The Bertz CT molecular complexity index is 6580. The minimum atomic E-state index is -4.73. The predicted octanol–water partition coefficient (Wildman–Crippen LogP) is 24.0. The number of carbonyl (C=O) groups is 2. The van der Waals surface area contributed by atoms with E-state index in [2.05, 4.69) is 116 Å². The Morgan fingerprint density at radius 1 is 0.377 bits per heavy atom. The van der Waals surface area contributed by atoms with Crippen LogP contribution in [0.5, 0.6) is 10.1 Å². The molecule has 1 fully saturated rings. The first-order valence-corrected chi connectivity index (χ1v) is 44.8. The van der Waals surface area contributed by atoms with E-state index in [9.17, 15) is 93.0 Å². The van der Waals surface area contributed by atoms with Gasteiger partial charge in [-0.3, -0.25) is 34.9 Å². The van der Waals surface area contributed by atoms with Crippen LogP contribution < -0.4 is 31.0 Å². The van der Waals surface area contributed by atoms with Gasteiger partial charge in [0.05, 0.1) is 81.4 Å². The molecular formula is C82H67Cl2F19N22O6S7. The molecule has 14 aromatic heterocycles. The Morgan fingerprint density at radius 2 is 0.638 bits per heavy atom. The predicted molar refractivity (Wildman–Crippen MR) is 485 cm³/mol. The lowest BCUT2D eigenvalue weighted by Gasteiger charge is -2.11. The van der Waals surface area contributed by atoms with Gasteiger partial charge in [-0.05, 0) is 113 Å². The van der Waals surface area contributed by atoms with Gasteiger partial charge >= 0.3 is 42.9 Å². The van der Waals surface area contributed by atoms with Gasteiger partial charge in [-0.25, -0.2) is 72.9 Å². The highest BCUT2D eigenvalue weighted by Crippen LogP contribution is 2.50. The second-order valence-corrected chi connectivity index (χ2v) is 34.7. The summed E-state index contributed by atoms with van der Waals surface area (Å²) in [5.41, 5.74) is 2.25. The summed E-state index contributed by atoms with van der Waals surface area (Å²) < 4.78 is 259. The molecule has 0 spiro atoms. The number of thiazole rings is 7. The Labute approximate surface area is 806 Å². The average Bonchev–Trinajstić information content (AvgIpc) is 1.63. The number of hydrazone groups is 2. The van der Waals surface area contributed by atoms with Crippen LogP contribution in [0.3, 0.4) is 0 Å². The third-order valence-corrected chi connectivity index (χ3v) is 26.2. The molecule has 14 aromatic rings. The molecule has 28 nitrogen and oxygen atoms in total. The minimum Gasteiger partial charge on any atom is -0.485 e. The maximum atomic E-state index is 13.2. The minimum absolute atomic E-state index is 0.00793. The maximum Gasteiger partial charge on any atom is 0.434 e. The summed E-state index contributed by atoms with van der Waals surface area (Å²) in [6, 6.07) is 13.6. The van der Waals surface area contributed by atoms with Gasteiger partial charge < -0.3 is 29.8 Å². The molecule has 0 aliphatic heterocycles. The molecule has 1 aliphatic rings. The molecule has 4 N–H and O–H groups in total. The van der Waals surface area contributed by atoms with E-state index in [1.54, 1.807) is 56.9 Å². The van der Waals surface area contributed by atoms with Gasteiger partial charge in [-0.1, -0.05) is 63.1 Å². The first kappa shape index (κ1) is 109. The number of methoxy groups -OCH3 is 2. The van der Waals surface area contributed by atoms with E-state index in [0.717, 1.165) is 112 Å². The molecule has 0 saturated heterocycles. The molecule has 15 rings (SSSR count). The fourth-order valence-electron chi connectivity index (χ4n) is 10.8. The van der Waals surface area contributed by atoms with Crippen molar-refractivity contribution in [2.24, 2.45) is 26.4 Å². The Kier molecular flexibility index (Phi) is 38.6. The van der Waals surface area contributed by atoms with Gasteiger partial charge in [-0.15, -0.1) is 56.7 Å². The molecule has 730 valence electrons. The SMILES string of the molecule is CC(c1sc(-c2cncc(F)c2)nc1C(F)(F)F)C1CC1.CNC(=O)N/N=C(\C)c1sc(-c2cccnc2)nc1C(F)(F)F.CNC(=O)N/N=C(\C)c1sc(-c2cncc(F)c2)nc1C(F)(F)F.CO/N=C(\C)c1sc(-c2cccnc2)nc1C(F)(F)F.CO/N=C(\C)c1sc(-c2cncc(F)c2)nc1C(F)(F)F.COc1sc(-c2cccnc2)nc1Cl.COc1sc(-c2cncc(F)c2)nc1Cl. The van der Waals surface area contributed by atoms with Crippen molar-refractivity contribution in [2.75, 3.05) is 42.5 Å². The molecule has 0 bridgehead atoms. The van der Waals surface area contributed by atoms with Gasteiger partial charge in [0.15, 0.2) is 38.8 Å². The van der Waals surface area contributed by atoms with E-state index in [-0.39, 0.29) is 100 Å². The largest absolute Gasteiger partial charge is 0.485 e. The van der Waals surface area contributed by atoms with Crippen LogP contribution in [-0.4, -0.2) is 147 Å². The summed E-state index contributed by atoms with van der Waals surface area (Å²) in [4.78, 5) is 83.4. The molecule has 56 heteroatoms. The standard InChI is InChI=1S/C14H12F4N2S.C13H11F4N5OS.C13H12F3N5OS.C12H9F4N3OS.C12H10F3N3OS.C9H6ClFN2OS.C9H7ClN2OS/c1-7(8-2-3-8)11-12(14(16,17)18)20-13(21-11)9-4-10(15)6-19-5-9;1-6(21-22-12(23)18-2)9-10(13(15,16)17)20-11(24-9)7-3-8(14)5-19-4-7;1-7(20-21-12(22)17-2)9-10(13(14,15)16)19-11(23-9)8-4-3-5-18-6-8;1-6(19-20-2)9-10(12(14,15)16)18-11(21-9)7-3-8(13)5-17-4-7;1-7(18-19-2)9-10(12(13,14)15)17-11(20-9)8-4-3-5-16-6-8;1-14-9-7(10)13-8(15-9)5-2-6(11)4-12-3-5;1-13-9-7(10)12-8(14-9)6-3-2-4-11-5-6/h4-8H,2-3H2,1H3;3-5H,1-2H3,(H2,18,22,23);3-6H,1-2H3,(H2,17,21,22);3-5H,1-2H3;3-6H,1-2H3;2-4H,1H3;2-5H,1H3/b;21-6+;20-7+;19-6+;18-7+;;. The normalized spacial score (nSPS) is 12.6. The second-order valence-electron chi connectivity index (χ2n) is 27.0. The number of pyridine rings is 7. The Morgan fingerprint density at radius 3 is 0.884 bits per heavy atom. The summed E-state index contributed by atoms with van der Waals surface area (Å²) in [6.07, 6.45) is -2.38. The monoisotopic (exact) mass is 2110 g/mol. The van der Waals surface area contributed by atoms with Gasteiger partial charge in [0, 0.05) is 120 Å². The van der Waals surface area contributed by atoms with Crippen molar-refractivity contribution in [3.63, 3.8) is 0 Å². The molecule has 138 heavy (non-hydrogen) atoms. The zero-order valence-electron chi connectivity index (χ0n) is 72.2. The lowest BCUT2D eigenvalue weighted by atomic mass is 10.0. The fraction of sp³-hybridized carbons (Fsp3) is 0.244. The number of alkyl halides is 15. The third kappa shape index (κ3) is 30.8. The van der Waals surface area contributed by atoms with E-state index in [1.165, 1.54) is 135 Å². The van der Waals surface area contributed by atoms with E-state index < -0.39 is 94.7 Å². The van der Waals surface area contributed by atoms with Crippen molar-refractivity contribution in [3.8, 4) is 84.1 Å². The van der Waals surface area contributed by atoms with E-state index >= 15 is 0 Å². The number of carbonyl (C=O) groups excluding carboxylic acids is 2. The first-order valence-electron chi connectivity index (χ1n) is 38.3. The first-order chi connectivity index (χ1) is 65.2. The Hall–Kier alpha value is -12.9. The van der Waals surface area contributed by atoms with Crippen molar-refractivity contribution in [2.45, 2.75) is 84.3 Å². The van der Waals surface area contributed by atoms with Crippen LogP contribution in [0.4, 0.5) is 93.0 Å².